The summed E-state index contributed by atoms with van der Waals surface area (Å²) in [7, 11) is 0. The minimum absolute atomic E-state index is 0.00594. The SMILES string of the molecule is C#CCNC(=O)C(NC(=O)c1c(F)cccc1F)C(C)C. The van der Waals surface area contributed by atoms with Crippen LogP contribution in [-0.4, -0.2) is 24.4 Å². The molecule has 4 nitrogen and oxygen atoms in total. The summed E-state index contributed by atoms with van der Waals surface area (Å²) < 4.78 is 27.1. The maximum Gasteiger partial charge on any atom is 0.257 e. The molecule has 2 N–H and O–H groups in total. The molecule has 0 saturated carbocycles. The Morgan fingerprint density at radius 3 is 2.33 bits per heavy atom. The van der Waals surface area contributed by atoms with Crippen LogP contribution in [0.15, 0.2) is 18.2 Å². The molecule has 1 unspecified atom stereocenters. The van der Waals surface area contributed by atoms with Gasteiger partial charge in [-0.2, -0.15) is 0 Å². The van der Waals surface area contributed by atoms with Crippen molar-refractivity contribution in [1.29, 1.82) is 0 Å². The van der Waals surface area contributed by atoms with Gasteiger partial charge in [-0.05, 0) is 18.1 Å². The average Bonchev–Trinajstić information content (AvgIpc) is 2.41. The summed E-state index contributed by atoms with van der Waals surface area (Å²) in [6, 6.07) is 2.16. The van der Waals surface area contributed by atoms with E-state index in [2.05, 4.69) is 16.6 Å². The number of halogens is 2. The number of amides is 2. The second-order valence-electron chi connectivity index (χ2n) is 4.71. The quantitative estimate of drug-likeness (QED) is 0.808. The predicted molar refractivity (Wildman–Crippen MR) is 74.3 cm³/mol. The summed E-state index contributed by atoms with van der Waals surface area (Å²) in [6.45, 7) is 3.39. The van der Waals surface area contributed by atoms with E-state index in [1.807, 2.05) is 0 Å². The fourth-order valence-electron chi connectivity index (χ4n) is 1.71. The molecule has 0 aliphatic heterocycles. The van der Waals surface area contributed by atoms with Crippen molar-refractivity contribution in [3.05, 3.63) is 35.4 Å². The maximum atomic E-state index is 13.5. The van der Waals surface area contributed by atoms with Crippen molar-refractivity contribution in [2.75, 3.05) is 6.54 Å². The molecule has 6 heteroatoms. The summed E-state index contributed by atoms with van der Waals surface area (Å²) in [4.78, 5) is 23.8. The molecule has 1 aromatic carbocycles. The standard InChI is InChI=1S/C15H16F2N2O2/c1-4-8-18-15(21)13(9(2)3)19-14(20)12-10(16)6-5-7-11(12)17/h1,5-7,9,13H,8H2,2-3H3,(H,18,21)(H,19,20). The van der Waals surface area contributed by atoms with Gasteiger partial charge in [-0.15, -0.1) is 6.42 Å². The normalized spacial score (nSPS) is 11.6. The van der Waals surface area contributed by atoms with Crippen LogP contribution in [0.3, 0.4) is 0 Å². The maximum absolute atomic E-state index is 13.5. The fraction of sp³-hybridized carbons (Fsp3) is 0.333. The number of nitrogens with one attached hydrogen (secondary N) is 2. The summed E-state index contributed by atoms with van der Waals surface area (Å²) in [5, 5.41) is 4.75. The Morgan fingerprint density at radius 1 is 1.29 bits per heavy atom. The van der Waals surface area contributed by atoms with Crippen LogP contribution < -0.4 is 10.6 Å². The monoisotopic (exact) mass is 294 g/mol. The zero-order valence-corrected chi connectivity index (χ0v) is 11.7. The molecule has 0 spiro atoms. The number of carbonyl (C=O) groups is 2. The first-order chi connectivity index (χ1) is 9.88. The molecule has 0 heterocycles. The van der Waals surface area contributed by atoms with Crippen LogP contribution in [-0.2, 0) is 4.79 Å². The number of hydrogen-bond donors (Lipinski definition) is 2. The van der Waals surface area contributed by atoms with E-state index in [4.69, 9.17) is 6.42 Å². The summed E-state index contributed by atoms with van der Waals surface area (Å²) in [5.74, 6) is -1.51. The highest BCUT2D eigenvalue weighted by atomic mass is 19.1. The highest BCUT2D eigenvalue weighted by molar-refractivity contribution is 5.98. The lowest BCUT2D eigenvalue weighted by Gasteiger charge is -2.21. The number of rotatable bonds is 5. The van der Waals surface area contributed by atoms with Crippen molar-refractivity contribution in [2.24, 2.45) is 5.92 Å². The zero-order chi connectivity index (χ0) is 16.0. The molecule has 21 heavy (non-hydrogen) atoms. The van der Waals surface area contributed by atoms with E-state index < -0.39 is 35.1 Å². The first-order valence-electron chi connectivity index (χ1n) is 6.34. The molecule has 1 rings (SSSR count). The van der Waals surface area contributed by atoms with E-state index >= 15 is 0 Å². The summed E-state index contributed by atoms with van der Waals surface area (Å²) in [6.07, 6.45) is 5.03. The van der Waals surface area contributed by atoms with Gasteiger partial charge in [0.05, 0.1) is 6.54 Å². The van der Waals surface area contributed by atoms with Gasteiger partial charge in [0.25, 0.3) is 5.91 Å². The van der Waals surface area contributed by atoms with Crippen LogP contribution in [0.1, 0.15) is 24.2 Å². The van der Waals surface area contributed by atoms with Gasteiger partial charge in [0.2, 0.25) is 5.91 Å². The van der Waals surface area contributed by atoms with Crippen LogP contribution >= 0.6 is 0 Å². The minimum Gasteiger partial charge on any atom is -0.343 e. The topological polar surface area (TPSA) is 58.2 Å². The van der Waals surface area contributed by atoms with Gasteiger partial charge in [-0.1, -0.05) is 25.8 Å². The van der Waals surface area contributed by atoms with Gasteiger partial charge < -0.3 is 10.6 Å². The Morgan fingerprint density at radius 2 is 1.86 bits per heavy atom. The third-order valence-corrected chi connectivity index (χ3v) is 2.79. The first kappa shape index (κ1) is 16.6. The van der Waals surface area contributed by atoms with E-state index in [1.165, 1.54) is 0 Å². The molecule has 0 aromatic heterocycles. The van der Waals surface area contributed by atoms with Gasteiger partial charge in [0.1, 0.15) is 23.2 Å². The van der Waals surface area contributed by atoms with Crippen LogP contribution in [0.5, 0.6) is 0 Å². The first-order valence-corrected chi connectivity index (χ1v) is 6.34. The second kappa shape index (κ2) is 7.39. The predicted octanol–water partition coefficient (Wildman–Crippen LogP) is 1.47. The Balaban J connectivity index is 2.92. The highest BCUT2D eigenvalue weighted by Crippen LogP contribution is 2.13. The van der Waals surface area contributed by atoms with E-state index in [9.17, 15) is 18.4 Å². The van der Waals surface area contributed by atoms with Gasteiger partial charge in [-0.3, -0.25) is 9.59 Å². The molecular formula is C15H16F2N2O2. The van der Waals surface area contributed by atoms with Gasteiger partial charge in [0.15, 0.2) is 0 Å². The second-order valence-corrected chi connectivity index (χ2v) is 4.71. The van der Waals surface area contributed by atoms with Crippen LogP contribution in [0.2, 0.25) is 0 Å². The Bertz CT molecular complexity index is 559. The Kier molecular flexibility index (Phi) is 5.85. The van der Waals surface area contributed by atoms with E-state index in [0.717, 1.165) is 18.2 Å². The molecule has 0 fully saturated rings. The molecule has 0 radical (unpaired) electrons. The number of benzene rings is 1. The fourth-order valence-corrected chi connectivity index (χ4v) is 1.71. The van der Waals surface area contributed by atoms with Crippen molar-refractivity contribution >= 4 is 11.8 Å². The number of hydrogen-bond acceptors (Lipinski definition) is 2. The van der Waals surface area contributed by atoms with Crippen molar-refractivity contribution < 1.29 is 18.4 Å². The lowest BCUT2D eigenvalue weighted by atomic mass is 10.0. The molecule has 1 aromatic rings. The van der Waals surface area contributed by atoms with E-state index in [0.29, 0.717) is 0 Å². The molecule has 0 aliphatic carbocycles. The molecule has 1 atom stereocenters. The third kappa shape index (κ3) is 4.28. The summed E-state index contributed by atoms with van der Waals surface area (Å²) in [5.41, 5.74) is -0.715. The van der Waals surface area contributed by atoms with Crippen LogP contribution in [0.4, 0.5) is 8.78 Å². The Labute approximate surface area is 121 Å². The van der Waals surface area contributed by atoms with Crippen LogP contribution in [0.25, 0.3) is 0 Å². The van der Waals surface area contributed by atoms with Gasteiger partial charge in [0, 0.05) is 0 Å². The molecular weight excluding hydrogens is 278 g/mol. The minimum atomic E-state index is -0.987. The van der Waals surface area contributed by atoms with Crippen LogP contribution in [0, 0.1) is 29.9 Å². The molecule has 2 amide bonds. The van der Waals surface area contributed by atoms with Gasteiger partial charge >= 0.3 is 0 Å². The largest absolute Gasteiger partial charge is 0.343 e. The molecule has 0 saturated heterocycles. The van der Waals surface area contributed by atoms with E-state index in [-0.39, 0.29) is 12.5 Å². The molecule has 112 valence electrons. The highest BCUT2D eigenvalue weighted by Gasteiger charge is 2.26. The molecule has 0 aliphatic rings. The third-order valence-electron chi connectivity index (χ3n) is 2.79. The average molecular weight is 294 g/mol. The summed E-state index contributed by atoms with van der Waals surface area (Å²) >= 11 is 0. The molecule has 0 bridgehead atoms. The zero-order valence-electron chi connectivity index (χ0n) is 11.7. The van der Waals surface area contributed by atoms with Crippen molar-refractivity contribution in [1.82, 2.24) is 10.6 Å². The lowest BCUT2D eigenvalue weighted by molar-refractivity contribution is -0.123. The van der Waals surface area contributed by atoms with Crippen molar-refractivity contribution in [2.45, 2.75) is 19.9 Å². The van der Waals surface area contributed by atoms with Crippen molar-refractivity contribution in [3.8, 4) is 12.3 Å². The van der Waals surface area contributed by atoms with E-state index in [1.54, 1.807) is 13.8 Å². The van der Waals surface area contributed by atoms with Gasteiger partial charge in [-0.25, -0.2) is 8.78 Å². The lowest BCUT2D eigenvalue weighted by Crippen LogP contribution is -2.50. The Hall–Kier alpha value is -2.42. The smallest absolute Gasteiger partial charge is 0.257 e. The number of carbonyl (C=O) groups excluding carboxylic acids is 2. The van der Waals surface area contributed by atoms with Crippen molar-refractivity contribution in [3.63, 3.8) is 0 Å². The number of terminal acetylenes is 1.